The zero-order chi connectivity index (χ0) is 10.1. The third kappa shape index (κ3) is 1.32. The van der Waals surface area contributed by atoms with Gasteiger partial charge in [0.05, 0.1) is 12.1 Å². The van der Waals surface area contributed by atoms with Gasteiger partial charge in [0.2, 0.25) is 0 Å². The molecule has 0 atom stereocenters. The van der Waals surface area contributed by atoms with Crippen molar-refractivity contribution < 1.29 is 9.53 Å². The number of hydrogen-bond acceptors (Lipinski definition) is 2. The summed E-state index contributed by atoms with van der Waals surface area (Å²) in [6.45, 7) is 0. The number of rotatable bonds is 2. The summed E-state index contributed by atoms with van der Waals surface area (Å²) in [4.78, 5) is 10.7. The molecule has 0 heterocycles. The van der Waals surface area contributed by atoms with Gasteiger partial charge in [0, 0.05) is 17.6 Å². The quantitative estimate of drug-likeness (QED) is 0.698. The SMILES string of the molecule is COc1ccc2c(c1)C(Cl)=C(C=O)C2. The Labute approximate surface area is 87.1 Å². The minimum Gasteiger partial charge on any atom is -0.497 e. The molecule has 0 saturated carbocycles. The highest BCUT2D eigenvalue weighted by Crippen LogP contribution is 2.36. The standard InChI is InChI=1S/C11H9ClO2/c1-14-9-3-2-7-4-8(6-13)11(12)10(7)5-9/h2-3,5-6H,4H2,1H3. The number of carbonyl (C=O) groups excluding carboxylic acids is 1. The molecule has 0 spiro atoms. The van der Waals surface area contributed by atoms with Gasteiger partial charge < -0.3 is 4.74 Å². The summed E-state index contributed by atoms with van der Waals surface area (Å²) in [6, 6.07) is 5.66. The van der Waals surface area contributed by atoms with E-state index in [0.717, 1.165) is 23.2 Å². The second kappa shape index (κ2) is 3.46. The van der Waals surface area contributed by atoms with E-state index in [1.165, 1.54) is 0 Å². The third-order valence-electron chi connectivity index (χ3n) is 2.36. The average Bonchev–Trinajstić information content (AvgIpc) is 2.55. The maximum atomic E-state index is 10.7. The first-order chi connectivity index (χ1) is 6.76. The van der Waals surface area contributed by atoms with E-state index >= 15 is 0 Å². The van der Waals surface area contributed by atoms with E-state index in [0.29, 0.717) is 17.0 Å². The van der Waals surface area contributed by atoms with E-state index in [1.54, 1.807) is 7.11 Å². The monoisotopic (exact) mass is 208 g/mol. The second-order valence-corrected chi connectivity index (χ2v) is 3.53. The van der Waals surface area contributed by atoms with Crippen molar-refractivity contribution in [1.82, 2.24) is 0 Å². The molecule has 1 aliphatic carbocycles. The van der Waals surface area contributed by atoms with E-state index < -0.39 is 0 Å². The second-order valence-electron chi connectivity index (χ2n) is 3.16. The summed E-state index contributed by atoms with van der Waals surface area (Å²) in [5, 5.41) is 0.550. The third-order valence-corrected chi connectivity index (χ3v) is 2.80. The zero-order valence-electron chi connectivity index (χ0n) is 7.71. The molecule has 14 heavy (non-hydrogen) atoms. The van der Waals surface area contributed by atoms with Crippen LogP contribution in [0.1, 0.15) is 11.1 Å². The average molecular weight is 209 g/mol. The maximum Gasteiger partial charge on any atom is 0.147 e. The number of hydrogen-bond donors (Lipinski definition) is 0. The Morgan fingerprint density at radius 1 is 1.50 bits per heavy atom. The molecule has 0 unspecified atom stereocenters. The molecule has 0 radical (unpaired) electrons. The Hall–Kier alpha value is -1.28. The van der Waals surface area contributed by atoms with Gasteiger partial charge in [0.25, 0.3) is 0 Å². The summed E-state index contributed by atoms with van der Waals surface area (Å²) < 4.78 is 5.09. The molecule has 72 valence electrons. The van der Waals surface area contributed by atoms with Crippen molar-refractivity contribution in [3.8, 4) is 5.75 Å². The molecule has 0 N–H and O–H groups in total. The molecule has 0 fully saturated rings. The lowest BCUT2D eigenvalue weighted by atomic mass is 10.1. The Balaban J connectivity index is 2.51. The van der Waals surface area contributed by atoms with Crippen molar-refractivity contribution in [2.75, 3.05) is 7.11 Å². The smallest absolute Gasteiger partial charge is 0.147 e. The van der Waals surface area contributed by atoms with Gasteiger partial charge in [-0.05, 0) is 17.7 Å². The highest BCUT2D eigenvalue weighted by Gasteiger charge is 2.19. The summed E-state index contributed by atoms with van der Waals surface area (Å²) in [7, 11) is 1.61. The summed E-state index contributed by atoms with van der Waals surface area (Å²) in [6.07, 6.45) is 1.44. The fourth-order valence-corrected chi connectivity index (χ4v) is 1.88. The number of methoxy groups -OCH3 is 1. The van der Waals surface area contributed by atoms with Gasteiger partial charge in [-0.15, -0.1) is 0 Å². The van der Waals surface area contributed by atoms with Gasteiger partial charge in [0.1, 0.15) is 12.0 Å². The van der Waals surface area contributed by atoms with Crippen LogP contribution in [0.2, 0.25) is 0 Å². The van der Waals surface area contributed by atoms with Crippen molar-refractivity contribution in [2.24, 2.45) is 0 Å². The molecule has 1 aliphatic rings. The largest absolute Gasteiger partial charge is 0.497 e. The number of allylic oxidation sites excluding steroid dienone is 1. The zero-order valence-corrected chi connectivity index (χ0v) is 8.47. The number of halogens is 1. The van der Waals surface area contributed by atoms with Crippen molar-refractivity contribution in [3.63, 3.8) is 0 Å². The number of ether oxygens (including phenoxy) is 1. The van der Waals surface area contributed by atoms with E-state index in [1.807, 2.05) is 18.2 Å². The maximum absolute atomic E-state index is 10.7. The van der Waals surface area contributed by atoms with Crippen LogP contribution in [0.15, 0.2) is 23.8 Å². The van der Waals surface area contributed by atoms with Gasteiger partial charge in [-0.2, -0.15) is 0 Å². The van der Waals surface area contributed by atoms with E-state index in [2.05, 4.69) is 0 Å². The van der Waals surface area contributed by atoms with Gasteiger partial charge >= 0.3 is 0 Å². The molecule has 1 aromatic rings. The predicted molar refractivity (Wildman–Crippen MR) is 55.5 cm³/mol. The number of benzene rings is 1. The number of aldehydes is 1. The first-order valence-electron chi connectivity index (χ1n) is 4.27. The first kappa shape index (κ1) is 9.28. The van der Waals surface area contributed by atoms with Crippen LogP contribution < -0.4 is 4.74 Å². The Bertz CT molecular complexity index is 421. The van der Waals surface area contributed by atoms with Gasteiger partial charge in [-0.3, -0.25) is 4.79 Å². The number of carbonyl (C=O) groups is 1. The predicted octanol–water partition coefficient (Wildman–Crippen LogP) is 2.40. The molecule has 0 saturated heterocycles. The lowest BCUT2D eigenvalue weighted by molar-refractivity contribution is -0.104. The van der Waals surface area contributed by atoms with Gasteiger partial charge in [-0.25, -0.2) is 0 Å². The lowest BCUT2D eigenvalue weighted by Gasteiger charge is -2.03. The van der Waals surface area contributed by atoms with Crippen LogP contribution >= 0.6 is 11.6 Å². The normalized spacial score (nSPS) is 14.1. The summed E-state index contributed by atoms with van der Waals surface area (Å²) in [5.41, 5.74) is 2.64. The molecule has 1 aromatic carbocycles. The highest BCUT2D eigenvalue weighted by molar-refractivity contribution is 6.51. The van der Waals surface area contributed by atoms with Crippen LogP contribution in [-0.4, -0.2) is 13.4 Å². The van der Waals surface area contributed by atoms with Crippen molar-refractivity contribution >= 4 is 22.9 Å². The molecule has 0 bridgehead atoms. The molecular weight excluding hydrogens is 200 g/mol. The molecular formula is C11H9ClO2. The van der Waals surface area contributed by atoms with Crippen LogP contribution in [0, 0.1) is 0 Å². The highest BCUT2D eigenvalue weighted by atomic mass is 35.5. The molecule has 0 amide bonds. The fraction of sp³-hybridized carbons (Fsp3) is 0.182. The minimum atomic E-state index is 0.550. The van der Waals surface area contributed by atoms with Crippen LogP contribution in [0.3, 0.4) is 0 Å². The van der Waals surface area contributed by atoms with Crippen molar-refractivity contribution in [3.05, 3.63) is 34.9 Å². The molecule has 0 aliphatic heterocycles. The van der Waals surface area contributed by atoms with Crippen LogP contribution in [0.25, 0.3) is 5.03 Å². The summed E-state index contributed by atoms with van der Waals surface area (Å²) >= 11 is 6.03. The van der Waals surface area contributed by atoms with Crippen molar-refractivity contribution in [1.29, 1.82) is 0 Å². The van der Waals surface area contributed by atoms with Crippen molar-refractivity contribution in [2.45, 2.75) is 6.42 Å². The molecule has 3 heteroatoms. The summed E-state index contributed by atoms with van der Waals surface area (Å²) in [5.74, 6) is 0.758. The van der Waals surface area contributed by atoms with Gasteiger partial charge in [0.15, 0.2) is 0 Å². The molecule has 2 nitrogen and oxygen atoms in total. The minimum absolute atomic E-state index is 0.550. The molecule has 0 aromatic heterocycles. The van der Waals surface area contributed by atoms with Crippen LogP contribution in [-0.2, 0) is 11.2 Å². The number of fused-ring (bicyclic) bond motifs is 1. The Morgan fingerprint density at radius 3 is 2.93 bits per heavy atom. The topological polar surface area (TPSA) is 26.3 Å². The Morgan fingerprint density at radius 2 is 2.29 bits per heavy atom. The van der Waals surface area contributed by atoms with E-state index in [4.69, 9.17) is 16.3 Å². The van der Waals surface area contributed by atoms with E-state index in [-0.39, 0.29) is 0 Å². The van der Waals surface area contributed by atoms with Crippen LogP contribution in [0.4, 0.5) is 0 Å². The molecule has 2 rings (SSSR count). The lowest BCUT2D eigenvalue weighted by Crippen LogP contribution is -1.87. The Kier molecular flexibility index (Phi) is 2.30. The fourth-order valence-electron chi connectivity index (χ4n) is 1.59. The van der Waals surface area contributed by atoms with Crippen LogP contribution in [0.5, 0.6) is 5.75 Å². The van der Waals surface area contributed by atoms with E-state index in [9.17, 15) is 4.79 Å². The van der Waals surface area contributed by atoms with Gasteiger partial charge in [-0.1, -0.05) is 17.7 Å². The first-order valence-corrected chi connectivity index (χ1v) is 4.65.